The third-order valence-electron chi connectivity index (χ3n) is 3.36. The van der Waals surface area contributed by atoms with Crippen LogP contribution in [0.2, 0.25) is 0 Å². The summed E-state index contributed by atoms with van der Waals surface area (Å²) in [4.78, 5) is 11.7. The number of unbranched alkanes of at least 4 members (excludes halogenated alkanes) is 3. The molecular formula is C13H28N2O. The molecule has 0 saturated heterocycles. The summed E-state index contributed by atoms with van der Waals surface area (Å²) in [6.07, 6.45) is 6.94. The summed E-state index contributed by atoms with van der Waals surface area (Å²) in [7, 11) is 0. The van der Waals surface area contributed by atoms with Crippen molar-refractivity contribution < 1.29 is 4.79 Å². The van der Waals surface area contributed by atoms with E-state index in [1.165, 1.54) is 0 Å². The molecule has 16 heavy (non-hydrogen) atoms. The van der Waals surface area contributed by atoms with E-state index in [2.05, 4.69) is 26.1 Å². The molecule has 0 aromatic carbocycles. The summed E-state index contributed by atoms with van der Waals surface area (Å²) in [5, 5.41) is 3.12. The monoisotopic (exact) mass is 228 g/mol. The summed E-state index contributed by atoms with van der Waals surface area (Å²) in [5.41, 5.74) is 5.39. The van der Waals surface area contributed by atoms with Gasteiger partial charge < -0.3 is 11.1 Å². The van der Waals surface area contributed by atoms with Crippen LogP contribution in [-0.2, 0) is 4.79 Å². The molecule has 3 nitrogen and oxygen atoms in total. The van der Waals surface area contributed by atoms with Gasteiger partial charge in [0, 0.05) is 12.0 Å². The third kappa shape index (κ3) is 6.83. The SMILES string of the molecule is CCC(C)(CC)NC(=O)CCCCCCN. The highest BCUT2D eigenvalue weighted by molar-refractivity contribution is 5.76. The Balaban J connectivity index is 3.65. The molecule has 0 aliphatic carbocycles. The highest BCUT2D eigenvalue weighted by Crippen LogP contribution is 2.14. The molecule has 0 atom stereocenters. The molecule has 0 spiro atoms. The van der Waals surface area contributed by atoms with Gasteiger partial charge in [0.15, 0.2) is 0 Å². The third-order valence-corrected chi connectivity index (χ3v) is 3.36. The van der Waals surface area contributed by atoms with Crippen molar-refractivity contribution >= 4 is 5.91 Å². The fourth-order valence-corrected chi connectivity index (χ4v) is 1.61. The number of carbonyl (C=O) groups excluding carboxylic acids is 1. The molecule has 0 unspecified atom stereocenters. The first kappa shape index (κ1) is 15.4. The summed E-state index contributed by atoms with van der Waals surface area (Å²) in [6, 6.07) is 0. The van der Waals surface area contributed by atoms with Crippen LogP contribution in [0.1, 0.15) is 65.7 Å². The Morgan fingerprint density at radius 1 is 1.12 bits per heavy atom. The largest absolute Gasteiger partial charge is 0.351 e. The van der Waals surface area contributed by atoms with Gasteiger partial charge in [-0.2, -0.15) is 0 Å². The van der Waals surface area contributed by atoms with Crippen LogP contribution in [0.15, 0.2) is 0 Å². The molecule has 3 heteroatoms. The number of nitrogens with two attached hydrogens (primary N) is 1. The topological polar surface area (TPSA) is 55.1 Å². The van der Waals surface area contributed by atoms with Gasteiger partial charge in [-0.05, 0) is 39.2 Å². The number of hydrogen-bond donors (Lipinski definition) is 2. The van der Waals surface area contributed by atoms with Crippen molar-refractivity contribution in [3.63, 3.8) is 0 Å². The van der Waals surface area contributed by atoms with Crippen LogP contribution in [0.5, 0.6) is 0 Å². The van der Waals surface area contributed by atoms with Gasteiger partial charge in [-0.1, -0.05) is 26.7 Å². The lowest BCUT2D eigenvalue weighted by Gasteiger charge is -2.28. The zero-order chi connectivity index (χ0) is 12.4. The molecule has 0 aliphatic heterocycles. The summed E-state index contributed by atoms with van der Waals surface area (Å²) in [5.74, 6) is 0.193. The Bertz CT molecular complexity index is 188. The second kappa shape index (κ2) is 8.57. The van der Waals surface area contributed by atoms with Crippen LogP contribution in [0.25, 0.3) is 0 Å². The molecule has 0 radical (unpaired) electrons. The molecule has 0 saturated carbocycles. The maximum atomic E-state index is 11.7. The van der Waals surface area contributed by atoms with Crippen molar-refractivity contribution in [2.75, 3.05) is 6.54 Å². The number of amides is 1. The van der Waals surface area contributed by atoms with E-state index >= 15 is 0 Å². The van der Waals surface area contributed by atoms with Crippen molar-refractivity contribution in [3.8, 4) is 0 Å². The molecule has 0 heterocycles. The molecule has 0 aromatic rings. The lowest BCUT2D eigenvalue weighted by Crippen LogP contribution is -2.44. The molecule has 96 valence electrons. The van der Waals surface area contributed by atoms with Crippen molar-refractivity contribution in [1.29, 1.82) is 0 Å². The normalized spacial score (nSPS) is 11.5. The summed E-state index contributed by atoms with van der Waals surface area (Å²) < 4.78 is 0. The maximum absolute atomic E-state index is 11.7. The van der Waals surface area contributed by atoms with Gasteiger partial charge in [0.25, 0.3) is 0 Å². The quantitative estimate of drug-likeness (QED) is 0.596. The molecular weight excluding hydrogens is 200 g/mol. The predicted molar refractivity (Wildman–Crippen MR) is 69.3 cm³/mol. The van der Waals surface area contributed by atoms with E-state index in [1.807, 2.05) is 0 Å². The minimum absolute atomic E-state index is 0.0195. The number of carbonyl (C=O) groups is 1. The minimum atomic E-state index is -0.0195. The number of rotatable bonds is 9. The molecule has 3 N–H and O–H groups in total. The minimum Gasteiger partial charge on any atom is -0.351 e. The number of nitrogens with one attached hydrogen (secondary N) is 1. The molecule has 0 aliphatic rings. The van der Waals surface area contributed by atoms with E-state index in [0.717, 1.165) is 45.1 Å². The van der Waals surface area contributed by atoms with Crippen LogP contribution in [0.3, 0.4) is 0 Å². The summed E-state index contributed by atoms with van der Waals surface area (Å²) in [6.45, 7) is 7.10. The fraction of sp³-hybridized carbons (Fsp3) is 0.923. The van der Waals surface area contributed by atoms with Crippen molar-refractivity contribution in [3.05, 3.63) is 0 Å². The predicted octanol–water partition coefficient (Wildman–Crippen LogP) is 2.59. The van der Waals surface area contributed by atoms with Gasteiger partial charge in [0.2, 0.25) is 5.91 Å². The van der Waals surface area contributed by atoms with Gasteiger partial charge in [0.05, 0.1) is 0 Å². The Morgan fingerprint density at radius 2 is 1.69 bits per heavy atom. The first-order valence-electron chi connectivity index (χ1n) is 6.59. The maximum Gasteiger partial charge on any atom is 0.220 e. The van der Waals surface area contributed by atoms with E-state index in [1.54, 1.807) is 0 Å². The van der Waals surface area contributed by atoms with Gasteiger partial charge in [-0.15, -0.1) is 0 Å². The highest BCUT2D eigenvalue weighted by Gasteiger charge is 2.21. The summed E-state index contributed by atoms with van der Waals surface area (Å²) >= 11 is 0. The number of hydrogen-bond acceptors (Lipinski definition) is 2. The second-order valence-electron chi connectivity index (χ2n) is 4.77. The van der Waals surface area contributed by atoms with Crippen LogP contribution in [-0.4, -0.2) is 18.0 Å². The molecule has 0 aromatic heterocycles. The second-order valence-corrected chi connectivity index (χ2v) is 4.77. The fourth-order valence-electron chi connectivity index (χ4n) is 1.61. The smallest absolute Gasteiger partial charge is 0.220 e. The van der Waals surface area contributed by atoms with Gasteiger partial charge >= 0.3 is 0 Å². The standard InChI is InChI=1S/C13H28N2O/c1-4-13(3,5-2)15-12(16)10-8-6-7-9-11-14/h4-11,14H2,1-3H3,(H,15,16). The van der Waals surface area contributed by atoms with Crippen LogP contribution < -0.4 is 11.1 Å². The molecule has 0 rings (SSSR count). The van der Waals surface area contributed by atoms with E-state index in [0.29, 0.717) is 6.42 Å². The molecule has 0 bridgehead atoms. The van der Waals surface area contributed by atoms with E-state index < -0.39 is 0 Å². The van der Waals surface area contributed by atoms with Crippen LogP contribution >= 0.6 is 0 Å². The van der Waals surface area contributed by atoms with E-state index in [-0.39, 0.29) is 11.4 Å². The average molecular weight is 228 g/mol. The Labute approximate surface area is 100 Å². The van der Waals surface area contributed by atoms with Crippen LogP contribution in [0, 0.1) is 0 Å². The average Bonchev–Trinajstić information content (AvgIpc) is 2.28. The Kier molecular flexibility index (Phi) is 8.26. The molecule has 1 amide bonds. The Hall–Kier alpha value is -0.570. The van der Waals surface area contributed by atoms with E-state index in [4.69, 9.17) is 5.73 Å². The van der Waals surface area contributed by atoms with Gasteiger partial charge in [-0.3, -0.25) is 4.79 Å². The van der Waals surface area contributed by atoms with Crippen LogP contribution in [0.4, 0.5) is 0 Å². The highest BCUT2D eigenvalue weighted by atomic mass is 16.1. The van der Waals surface area contributed by atoms with E-state index in [9.17, 15) is 4.79 Å². The first-order valence-corrected chi connectivity index (χ1v) is 6.59. The van der Waals surface area contributed by atoms with Crippen molar-refractivity contribution in [2.45, 2.75) is 71.3 Å². The zero-order valence-corrected chi connectivity index (χ0v) is 11.1. The van der Waals surface area contributed by atoms with Gasteiger partial charge in [0.1, 0.15) is 0 Å². The van der Waals surface area contributed by atoms with Crippen molar-refractivity contribution in [1.82, 2.24) is 5.32 Å². The first-order chi connectivity index (χ1) is 7.58. The Morgan fingerprint density at radius 3 is 2.19 bits per heavy atom. The van der Waals surface area contributed by atoms with Gasteiger partial charge in [-0.25, -0.2) is 0 Å². The van der Waals surface area contributed by atoms with Crippen molar-refractivity contribution in [2.24, 2.45) is 5.73 Å². The zero-order valence-electron chi connectivity index (χ0n) is 11.1. The lowest BCUT2D eigenvalue weighted by atomic mass is 9.95. The molecule has 0 fully saturated rings. The lowest BCUT2D eigenvalue weighted by molar-refractivity contribution is -0.123.